The smallest absolute Gasteiger partial charge is 0.134 e. The van der Waals surface area contributed by atoms with Gasteiger partial charge in [-0.3, -0.25) is 5.32 Å². The molecule has 0 saturated carbocycles. The first-order valence-corrected chi connectivity index (χ1v) is 4.93. The van der Waals surface area contributed by atoms with Crippen LogP contribution in [0.25, 0.3) is 0 Å². The lowest BCUT2D eigenvalue weighted by Crippen LogP contribution is -2.15. The van der Waals surface area contributed by atoms with Crippen LogP contribution >= 0.6 is 11.6 Å². The van der Waals surface area contributed by atoms with Crippen LogP contribution in [0.3, 0.4) is 0 Å². The van der Waals surface area contributed by atoms with Crippen molar-refractivity contribution in [2.45, 2.75) is 12.3 Å². The molecule has 0 radical (unpaired) electrons. The Hall–Kier alpha value is -0.570. The second-order valence-electron chi connectivity index (χ2n) is 3.11. The Bertz CT molecular complexity index is 265. The quantitative estimate of drug-likeness (QED) is 0.732. The molecule has 13 heavy (non-hydrogen) atoms. The minimum atomic E-state index is 0.0185. The second kappa shape index (κ2) is 4.09. The van der Waals surface area contributed by atoms with Crippen LogP contribution in [-0.2, 0) is 4.74 Å². The summed E-state index contributed by atoms with van der Waals surface area (Å²) in [5.41, 5.74) is 1.16. The van der Waals surface area contributed by atoms with Crippen LogP contribution in [0.5, 0.6) is 0 Å². The Balaban J connectivity index is 2.04. The third-order valence-electron chi connectivity index (χ3n) is 2.13. The second-order valence-corrected chi connectivity index (χ2v) is 3.42. The van der Waals surface area contributed by atoms with E-state index in [1.165, 1.54) is 0 Å². The van der Waals surface area contributed by atoms with Gasteiger partial charge in [0.15, 0.2) is 0 Å². The van der Waals surface area contributed by atoms with Gasteiger partial charge in [-0.15, -0.1) is 11.6 Å². The summed E-state index contributed by atoms with van der Waals surface area (Å²) < 4.78 is 5.65. The molecule has 0 aromatic heterocycles. The molecule has 1 aromatic rings. The molecule has 1 heterocycles. The first-order valence-electron chi connectivity index (χ1n) is 4.40. The number of hydrogen-bond donors (Lipinski definition) is 1. The minimum absolute atomic E-state index is 0.0185. The number of alkyl halides is 1. The van der Waals surface area contributed by atoms with E-state index in [4.69, 9.17) is 16.3 Å². The molecule has 2 atom stereocenters. The van der Waals surface area contributed by atoms with Gasteiger partial charge in [-0.2, -0.15) is 0 Å². The third-order valence-corrected chi connectivity index (χ3v) is 2.48. The van der Waals surface area contributed by atoms with Crippen LogP contribution in [0.15, 0.2) is 30.3 Å². The van der Waals surface area contributed by atoms with Crippen LogP contribution in [0.2, 0.25) is 0 Å². The number of nitrogens with one attached hydrogen (secondary N) is 1. The summed E-state index contributed by atoms with van der Waals surface area (Å²) in [5.74, 6) is 0.552. The average Bonchev–Trinajstić information content (AvgIpc) is 2.67. The van der Waals surface area contributed by atoms with Crippen molar-refractivity contribution in [2.75, 3.05) is 12.4 Å². The molecular weight excluding hydrogens is 186 g/mol. The fourth-order valence-corrected chi connectivity index (χ4v) is 1.62. The Kier molecular flexibility index (Phi) is 2.83. The summed E-state index contributed by atoms with van der Waals surface area (Å²) in [7, 11) is 0. The van der Waals surface area contributed by atoms with Crippen LogP contribution < -0.4 is 5.32 Å². The molecule has 2 rings (SSSR count). The lowest BCUT2D eigenvalue weighted by atomic mass is 10.2. The van der Waals surface area contributed by atoms with Crippen LogP contribution in [0.4, 0.5) is 0 Å². The van der Waals surface area contributed by atoms with E-state index in [1.54, 1.807) is 0 Å². The SMILES string of the molecule is ClCC1CN[C@@H](c2ccccc2)O1. The molecule has 3 heteroatoms. The highest BCUT2D eigenvalue weighted by molar-refractivity contribution is 6.18. The minimum Gasteiger partial charge on any atom is -0.353 e. The van der Waals surface area contributed by atoms with Crippen molar-refractivity contribution in [3.05, 3.63) is 35.9 Å². The number of halogens is 1. The van der Waals surface area contributed by atoms with Gasteiger partial charge in [0.2, 0.25) is 0 Å². The molecule has 0 spiro atoms. The van der Waals surface area contributed by atoms with Crippen molar-refractivity contribution in [1.29, 1.82) is 0 Å². The first-order chi connectivity index (χ1) is 6.40. The monoisotopic (exact) mass is 197 g/mol. The van der Waals surface area contributed by atoms with Gasteiger partial charge in [0.25, 0.3) is 0 Å². The summed E-state index contributed by atoms with van der Waals surface area (Å²) in [6.07, 6.45) is 0.164. The van der Waals surface area contributed by atoms with Crippen molar-refractivity contribution in [1.82, 2.24) is 5.32 Å². The molecule has 1 aliphatic rings. The van der Waals surface area contributed by atoms with Gasteiger partial charge < -0.3 is 4.74 Å². The van der Waals surface area contributed by atoms with E-state index in [1.807, 2.05) is 30.3 Å². The number of benzene rings is 1. The molecule has 1 aromatic carbocycles. The zero-order valence-electron chi connectivity index (χ0n) is 7.24. The highest BCUT2D eigenvalue weighted by atomic mass is 35.5. The molecule has 0 aliphatic carbocycles. The van der Waals surface area contributed by atoms with E-state index in [0.29, 0.717) is 5.88 Å². The van der Waals surface area contributed by atoms with Crippen LogP contribution in [-0.4, -0.2) is 18.5 Å². The Morgan fingerprint density at radius 2 is 2.15 bits per heavy atom. The maximum Gasteiger partial charge on any atom is 0.134 e. The van der Waals surface area contributed by atoms with Crippen molar-refractivity contribution in [2.24, 2.45) is 0 Å². The maximum atomic E-state index is 5.70. The third kappa shape index (κ3) is 2.02. The Morgan fingerprint density at radius 3 is 2.77 bits per heavy atom. The van der Waals surface area contributed by atoms with Gasteiger partial charge in [0, 0.05) is 12.4 Å². The molecule has 1 unspecified atom stereocenters. The van der Waals surface area contributed by atoms with Gasteiger partial charge >= 0.3 is 0 Å². The molecule has 0 amide bonds. The van der Waals surface area contributed by atoms with E-state index in [0.717, 1.165) is 12.1 Å². The number of rotatable bonds is 2. The lowest BCUT2D eigenvalue weighted by Gasteiger charge is -2.10. The predicted octanol–water partition coefficient (Wildman–Crippen LogP) is 1.91. The normalized spacial score (nSPS) is 27.8. The largest absolute Gasteiger partial charge is 0.353 e. The fourth-order valence-electron chi connectivity index (χ4n) is 1.44. The highest BCUT2D eigenvalue weighted by Crippen LogP contribution is 2.21. The van der Waals surface area contributed by atoms with E-state index in [9.17, 15) is 0 Å². The van der Waals surface area contributed by atoms with Gasteiger partial charge in [-0.25, -0.2) is 0 Å². The molecule has 0 bridgehead atoms. The summed E-state index contributed by atoms with van der Waals surface area (Å²) >= 11 is 5.70. The molecule has 2 nitrogen and oxygen atoms in total. The molecule has 1 aliphatic heterocycles. The van der Waals surface area contributed by atoms with Crippen molar-refractivity contribution in [3.63, 3.8) is 0 Å². The van der Waals surface area contributed by atoms with Gasteiger partial charge in [-0.05, 0) is 5.56 Å². The molecule has 1 N–H and O–H groups in total. The summed E-state index contributed by atoms with van der Waals surface area (Å²) in [5, 5.41) is 3.27. The van der Waals surface area contributed by atoms with Gasteiger partial charge in [0.05, 0.1) is 6.10 Å². The van der Waals surface area contributed by atoms with Crippen molar-refractivity contribution < 1.29 is 4.74 Å². The Morgan fingerprint density at radius 1 is 1.38 bits per heavy atom. The summed E-state index contributed by atoms with van der Waals surface area (Å²) in [4.78, 5) is 0. The number of hydrogen-bond acceptors (Lipinski definition) is 2. The first kappa shape index (κ1) is 9.00. The highest BCUT2D eigenvalue weighted by Gasteiger charge is 2.24. The van der Waals surface area contributed by atoms with E-state index >= 15 is 0 Å². The zero-order valence-corrected chi connectivity index (χ0v) is 8.00. The molecular formula is C10H12ClNO. The predicted molar refractivity (Wildman–Crippen MR) is 52.8 cm³/mol. The molecule has 1 fully saturated rings. The van der Waals surface area contributed by atoms with Crippen molar-refractivity contribution >= 4 is 11.6 Å². The van der Waals surface area contributed by atoms with E-state index in [2.05, 4.69) is 5.32 Å². The van der Waals surface area contributed by atoms with Crippen LogP contribution in [0, 0.1) is 0 Å². The van der Waals surface area contributed by atoms with E-state index in [-0.39, 0.29) is 12.3 Å². The lowest BCUT2D eigenvalue weighted by molar-refractivity contribution is 0.0528. The van der Waals surface area contributed by atoms with Crippen LogP contribution in [0.1, 0.15) is 11.8 Å². The topological polar surface area (TPSA) is 21.3 Å². The maximum absolute atomic E-state index is 5.70. The molecule has 1 saturated heterocycles. The van der Waals surface area contributed by atoms with Crippen molar-refractivity contribution in [3.8, 4) is 0 Å². The van der Waals surface area contributed by atoms with Gasteiger partial charge in [0.1, 0.15) is 6.23 Å². The summed E-state index contributed by atoms with van der Waals surface area (Å²) in [6, 6.07) is 10.1. The van der Waals surface area contributed by atoms with Gasteiger partial charge in [-0.1, -0.05) is 30.3 Å². The average molecular weight is 198 g/mol. The fraction of sp³-hybridized carbons (Fsp3) is 0.400. The van der Waals surface area contributed by atoms with E-state index < -0.39 is 0 Å². The zero-order chi connectivity index (χ0) is 9.10. The molecule has 70 valence electrons. The number of ether oxygens (including phenoxy) is 1. The summed E-state index contributed by atoms with van der Waals surface area (Å²) in [6.45, 7) is 0.836. The standard InChI is InChI=1S/C10H12ClNO/c11-6-9-7-12-10(13-9)8-4-2-1-3-5-8/h1-5,9-10,12H,6-7H2/t9?,10-/m1/s1. The Labute approximate surface area is 82.9 Å².